The molecule has 0 fully saturated rings. The lowest BCUT2D eigenvalue weighted by Crippen LogP contribution is -2.22. The van der Waals surface area contributed by atoms with E-state index in [2.05, 4.69) is 10.4 Å². The summed E-state index contributed by atoms with van der Waals surface area (Å²) >= 11 is 1.66. The van der Waals surface area contributed by atoms with Gasteiger partial charge < -0.3 is 11.1 Å². The molecular formula is C17H15N5OS. The fraction of sp³-hybridized carbons (Fsp3) is 0.118. The molecule has 120 valence electrons. The zero-order valence-electron chi connectivity index (χ0n) is 13.0. The molecule has 2 heterocycles. The SMILES string of the molecule is Cc1ccc(CNC(=O)c2ccc(-n3ncc(C#N)c3N)cc2)s1. The largest absolute Gasteiger partial charge is 0.382 e. The van der Waals surface area contributed by atoms with Crippen LogP contribution in [0.15, 0.2) is 42.6 Å². The number of nitrogens with one attached hydrogen (secondary N) is 1. The number of nitrogens with zero attached hydrogens (tertiary/aromatic N) is 3. The topological polar surface area (TPSA) is 96.7 Å². The molecule has 0 bridgehead atoms. The van der Waals surface area contributed by atoms with Crippen LogP contribution in [0.4, 0.5) is 5.82 Å². The van der Waals surface area contributed by atoms with Crippen molar-refractivity contribution in [1.29, 1.82) is 5.26 Å². The van der Waals surface area contributed by atoms with Gasteiger partial charge in [0.25, 0.3) is 5.91 Å². The van der Waals surface area contributed by atoms with Crippen LogP contribution in [-0.4, -0.2) is 15.7 Å². The maximum absolute atomic E-state index is 12.2. The van der Waals surface area contributed by atoms with Crippen molar-refractivity contribution in [2.24, 2.45) is 0 Å². The molecule has 0 saturated carbocycles. The predicted molar refractivity (Wildman–Crippen MR) is 92.9 cm³/mol. The molecule has 0 saturated heterocycles. The normalized spacial score (nSPS) is 10.3. The summed E-state index contributed by atoms with van der Waals surface area (Å²) in [6.45, 7) is 2.55. The predicted octanol–water partition coefficient (Wildman–Crippen LogP) is 2.63. The average Bonchev–Trinajstić information content (AvgIpc) is 3.18. The highest BCUT2D eigenvalue weighted by atomic mass is 32.1. The molecule has 1 aromatic carbocycles. The Morgan fingerprint density at radius 3 is 2.67 bits per heavy atom. The second kappa shape index (κ2) is 6.56. The highest BCUT2D eigenvalue weighted by Crippen LogP contribution is 2.17. The Balaban J connectivity index is 1.70. The Bertz CT molecular complexity index is 917. The first-order valence-corrected chi connectivity index (χ1v) is 8.07. The van der Waals surface area contributed by atoms with E-state index in [1.807, 2.05) is 25.1 Å². The first kappa shape index (κ1) is 15.8. The van der Waals surface area contributed by atoms with Gasteiger partial charge in [0.05, 0.1) is 18.4 Å². The van der Waals surface area contributed by atoms with E-state index in [4.69, 9.17) is 11.0 Å². The Hall–Kier alpha value is -3.11. The molecule has 24 heavy (non-hydrogen) atoms. The number of hydrogen-bond donors (Lipinski definition) is 2. The van der Waals surface area contributed by atoms with Crippen molar-refractivity contribution in [1.82, 2.24) is 15.1 Å². The van der Waals surface area contributed by atoms with E-state index >= 15 is 0 Å². The number of carbonyl (C=O) groups excluding carboxylic acids is 1. The second-order valence-electron chi connectivity index (χ2n) is 5.21. The van der Waals surface area contributed by atoms with Crippen molar-refractivity contribution in [3.63, 3.8) is 0 Å². The lowest BCUT2D eigenvalue weighted by molar-refractivity contribution is 0.0951. The van der Waals surface area contributed by atoms with Crippen molar-refractivity contribution < 1.29 is 4.79 Å². The molecule has 0 aliphatic heterocycles. The van der Waals surface area contributed by atoms with E-state index in [-0.39, 0.29) is 11.7 Å². The monoisotopic (exact) mass is 337 g/mol. The van der Waals surface area contributed by atoms with Crippen LogP contribution in [-0.2, 0) is 6.54 Å². The van der Waals surface area contributed by atoms with Crippen LogP contribution < -0.4 is 11.1 Å². The summed E-state index contributed by atoms with van der Waals surface area (Å²) in [6, 6.07) is 12.9. The molecule has 7 heteroatoms. The van der Waals surface area contributed by atoms with Gasteiger partial charge in [-0.3, -0.25) is 4.79 Å². The first-order valence-electron chi connectivity index (χ1n) is 7.26. The summed E-state index contributed by atoms with van der Waals surface area (Å²) in [7, 11) is 0. The number of amides is 1. The van der Waals surface area contributed by atoms with Gasteiger partial charge in [0.15, 0.2) is 0 Å². The minimum atomic E-state index is -0.140. The van der Waals surface area contributed by atoms with E-state index in [0.29, 0.717) is 23.4 Å². The van der Waals surface area contributed by atoms with E-state index in [9.17, 15) is 4.79 Å². The molecule has 3 rings (SSSR count). The summed E-state index contributed by atoms with van der Waals surface area (Å²) in [5.41, 5.74) is 7.43. The maximum atomic E-state index is 12.2. The third-order valence-electron chi connectivity index (χ3n) is 3.52. The Morgan fingerprint density at radius 1 is 1.33 bits per heavy atom. The second-order valence-corrected chi connectivity index (χ2v) is 6.58. The molecule has 1 amide bonds. The fourth-order valence-corrected chi connectivity index (χ4v) is 3.08. The lowest BCUT2D eigenvalue weighted by Gasteiger charge is -2.07. The van der Waals surface area contributed by atoms with E-state index in [0.717, 1.165) is 4.88 Å². The third kappa shape index (κ3) is 3.14. The molecule has 0 spiro atoms. The van der Waals surface area contributed by atoms with Gasteiger partial charge in [-0.15, -0.1) is 11.3 Å². The highest BCUT2D eigenvalue weighted by Gasteiger charge is 2.10. The zero-order chi connectivity index (χ0) is 17.1. The highest BCUT2D eigenvalue weighted by molar-refractivity contribution is 7.11. The van der Waals surface area contributed by atoms with Gasteiger partial charge in [0.2, 0.25) is 0 Å². The Kier molecular flexibility index (Phi) is 4.31. The average molecular weight is 337 g/mol. The molecule has 6 nitrogen and oxygen atoms in total. The van der Waals surface area contributed by atoms with Crippen molar-refractivity contribution in [3.8, 4) is 11.8 Å². The molecule has 3 aromatic rings. The third-order valence-corrected chi connectivity index (χ3v) is 4.52. The smallest absolute Gasteiger partial charge is 0.251 e. The van der Waals surface area contributed by atoms with E-state index in [1.54, 1.807) is 35.6 Å². The van der Waals surface area contributed by atoms with Crippen molar-refractivity contribution in [2.75, 3.05) is 5.73 Å². The van der Waals surface area contributed by atoms with Crippen LogP contribution >= 0.6 is 11.3 Å². The molecule has 0 radical (unpaired) electrons. The number of aromatic nitrogens is 2. The van der Waals surface area contributed by atoms with Crippen LogP contribution in [0.1, 0.15) is 25.7 Å². The number of benzene rings is 1. The first-order chi connectivity index (χ1) is 11.6. The number of anilines is 1. The van der Waals surface area contributed by atoms with Crippen LogP contribution in [0.25, 0.3) is 5.69 Å². The molecule has 3 N–H and O–H groups in total. The number of nitriles is 1. The van der Waals surface area contributed by atoms with Gasteiger partial charge in [-0.05, 0) is 43.3 Å². The standard InChI is InChI=1S/C17H15N5OS/c1-11-2-7-15(24-11)10-20-17(23)12-3-5-14(6-4-12)22-16(19)13(8-18)9-21-22/h2-7,9H,10,19H2,1H3,(H,20,23). The van der Waals surface area contributed by atoms with Crippen molar-refractivity contribution in [2.45, 2.75) is 13.5 Å². The van der Waals surface area contributed by atoms with Crippen LogP contribution in [0.3, 0.4) is 0 Å². The molecule has 0 atom stereocenters. The fourth-order valence-electron chi connectivity index (χ4n) is 2.25. The summed E-state index contributed by atoms with van der Waals surface area (Å²) in [6.07, 6.45) is 1.42. The van der Waals surface area contributed by atoms with Crippen LogP contribution in [0.5, 0.6) is 0 Å². The summed E-state index contributed by atoms with van der Waals surface area (Å²) < 4.78 is 1.47. The quantitative estimate of drug-likeness (QED) is 0.765. The van der Waals surface area contributed by atoms with Gasteiger partial charge in [-0.25, -0.2) is 4.68 Å². The van der Waals surface area contributed by atoms with E-state index in [1.165, 1.54) is 15.8 Å². The van der Waals surface area contributed by atoms with Gasteiger partial charge in [-0.2, -0.15) is 10.4 Å². The summed E-state index contributed by atoms with van der Waals surface area (Å²) in [4.78, 5) is 14.5. The van der Waals surface area contributed by atoms with Crippen molar-refractivity contribution >= 4 is 23.1 Å². The number of rotatable bonds is 4. The Labute approximate surface area is 143 Å². The van der Waals surface area contributed by atoms with Crippen LogP contribution in [0, 0.1) is 18.3 Å². The number of nitrogens with two attached hydrogens (primary N) is 1. The number of nitrogen functional groups attached to an aromatic ring is 1. The maximum Gasteiger partial charge on any atom is 0.251 e. The van der Waals surface area contributed by atoms with E-state index < -0.39 is 0 Å². The molecule has 0 unspecified atom stereocenters. The zero-order valence-corrected chi connectivity index (χ0v) is 13.8. The van der Waals surface area contributed by atoms with Crippen molar-refractivity contribution in [3.05, 3.63) is 63.5 Å². The van der Waals surface area contributed by atoms with Gasteiger partial charge in [0.1, 0.15) is 17.5 Å². The van der Waals surface area contributed by atoms with Gasteiger partial charge in [-0.1, -0.05) is 0 Å². The number of hydrogen-bond acceptors (Lipinski definition) is 5. The molecule has 0 aliphatic carbocycles. The number of aryl methyl sites for hydroxylation is 1. The Morgan fingerprint density at radius 2 is 2.08 bits per heavy atom. The summed E-state index contributed by atoms with van der Waals surface area (Å²) in [5, 5.41) is 15.9. The van der Waals surface area contributed by atoms with Crippen LogP contribution in [0.2, 0.25) is 0 Å². The number of thiophene rings is 1. The lowest BCUT2D eigenvalue weighted by atomic mass is 10.2. The summed E-state index contributed by atoms with van der Waals surface area (Å²) in [5.74, 6) is 0.140. The minimum Gasteiger partial charge on any atom is -0.382 e. The van der Waals surface area contributed by atoms with Gasteiger partial charge >= 0.3 is 0 Å². The molecule has 0 aliphatic rings. The molecule has 2 aromatic heterocycles. The van der Waals surface area contributed by atoms with Gasteiger partial charge in [0, 0.05) is 15.3 Å². The number of carbonyl (C=O) groups is 1. The molecular weight excluding hydrogens is 322 g/mol. The minimum absolute atomic E-state index is 0.140.